The lowest BCUT2D eigenvalue weighted by atomic mass is 10.1. The topological polar surface area (TPSA) is 198 Å². The van der Waals surface area contributed by atoms with Crippen molar-refractivity contribution >= 4 is 39.9 Å². The van der Waals surface area contributed by atoms with E-state index in [2.05, 4.69) is 32.0 Å². The van der Waals surface area contributed by atoms with E-state index in [1.807, 2.05) is 0 Å². The molecule has 3 heterocycles. The van der Waals surface area contributed by atoms with Gasteiger partial charge in [-0.05, 0) is 6.92 Å². The van der Waals surface area contributed by atoms with E-state index in [0.717, 1.165) is 0 Å². The predicted molar refractivity (Wildman–Crippen MR) is 164 cm³/mol. The van der Waals surface area contributed by atoms with Crippen molar-refractivity contribution in [2.75, 3.05) is 65.0 Å². The third-order valence-electron chi connectivity index (χ3n) is 6.21. The fraction of sp³-hybridized carbons (Fsp3) is 0.483. The Hall–Kier alpha value is -4.51. The molecule has 0 aliphatic rings. The van der Waals surface area contributed by atoms with Crippen LogP contribution in [0.3, 0.4) is 0 Å². The van der Waals surface area contributed by atoms with Crippen molar-refractivity contribution in [1.29, 1.82) is 0 Å². The van der Waals surface area contributed by atoms with Crippen LogP contribution >= 0.6 is 0 Å². The fourth-order valence-corrected chi connectivity index (χ4v) is 4.04. The highest BCUT2D eigenvalue weighted by Gasteiger charge is 2.23. The third kappa shape index (κ3) is 10.9. The lowest BCUT2D eigenvalue weighted by molar-refractivity contribution is -0.118. The molecule has 0 atom stereocenters. The molecule has 0 spiro atoms. The second-order valence-electron chi connectivity index (χ2n) is 9.68. The summed E-state index contributed by atoms with van der Waals surface area (Å²) in [5, 5.41) is 14.4. The van der Waals surface area contributed by atoms with Crippen molar-refractivity contribution in [2.24, 2.45) is 10.8 Å². The number of methoxy groups -OCH3 is 1. The summed E-state index contributed by atoms with van der Waals surface area (Å²) in [7, 11) is 1.46. The minimum absolute atomic E-state index is 0.194. The molecule has 0 saturated carbocycles. The lowest BCUT2D eigenvalue weighted by Crippen LogP contribution is -2.17. The van der Waals surface area contributed by atoms with Crippen molar-refractivity contribution in [1.82, 2.24) is 25.0 Å². The van der Waals surface area contributed by atoms with Gasteiger partial charge in [0, 0.05) is 38.4 Å². The van der Waals surface area contributed by atoms with Crippen LogP contribution in [0.2, 0.25) is 0 Å². The monoisotopic (exact) mass is 628 g/mol. The second-order valence-corrected chi connectivity index (χ2v) is 9.68. The Kier molecular flexibility index (Phi) is 14.2. The van der Waals surface area contributed by atoms with Gasteiger partial charge in [0.15, 0.2) is 11.6 Å². The molecule has 45 heavy (non-hydrogen) atoms. The smallest absolute Gasteiger partial charge is 0.230 e. The molecule has 3 aromatic heterocycles. The zero-order valence-electron chi connectivity index (χ0n) is 25.8. The number of Topliss-reactive ketones (excluding diaryl/α,β-unsaturated/α-hetero) is 2. The van der Waals surface area contributed by atoms with E-state index in [1.165, 1.54) is 37.6 Å². The SMILES string of the molecule is C=CN(/N=C(\C)COCCOCCOCCOCCn1cc(CCC(N)=O)nn1)c1ncc(OC)c2c(C(=O)C(C)=O)c[nH]c12. The molecule has 0 aliphatic heterocycles. The minimum Gasteiger partial charge on any atom is -0.494 e. The molecule has 0 aliphatic carbocycles. The molecule has 3 aromatic rings. The number of H-pyrrole nitrogens is 1. The van der Waals surface area contributed by atoms with Gasteiger partial charge in [-0.1, -0.05) is 11.8 Å². The van der Waals surface area contributed by atoms with Gasteiger partial charge in [0.05, 0.1) is 101 Å². The fourth-order valence-electron chi connectivity index (χ4n) is 4.04. The number of nitrogens with two attached hydrogens (primary N) is 1. The van der Waals surface area contributed by atoms with Crippen LogP contribution in [0.1, 0.15) is 36.3 Å². The van der Waals surface area contributed by atoms with Crippen LogP contribution < -0.4 is 15.5 Å². The van der Waals surface area contributed by atoms with E-state index in [9.17, 15) is 14.4 Å². The van der Waals surface area contributed by atoms with Gasteiger partial charge in [0.1, 0.15) is 5.75 Å². The van der Waals surface area contributed by atoms with E-state index >= 15 is 0 Å². The molecule has 0 aromatic carbocycles. The molecule has 3 N–H and O–H groups in total. The average Bonchev–Trinajstić information content (AvgIpc) is 3.68. The first-order valence-corrected chi connectivity index (χ1v) is 14.3. The zero-order valence-corrected chi connectivity index (χ0v) is 25.8. The number of amides is 1. The van der Waals surface area contributed by atoms with Crippen LogP contribution in [0.4, 0.5) is 5.82 Å². The van der Waals surface area contributed by atoms with E-state index < -0.39 is 11.6 Å². The van der Waals surface area contributed by atoms with Gasteiger partial charge in [0.2, 0.25) is 11.7 Å². The van der Waals surface area contributed by atoms with Crippen LogP contribution in [0.15, 0.2) is 36.5 Å². The lowest BCUT2D eigenvalue weighted by Gasteiger charge is -2.16. The Morgan fingerprint density at radius 2 is 1.73 bits per heavy atom. The van der Waals surface area contributed by atoms with Crippen molar-refractivity contribution < 1.29 is 38.1 Å². The largest absolute Gasteiger partial charge is 0.494 e. The first kappa shape index (κ1) is 35.0. The maximum absolute atomic E-state index is 12.4. The predicted octanol–water partition coefficient (Wildman–Crippen LogP) is 1.45. The van der Waals surface area contributed by atoms with E-state index in [-0.39, 0.29) is 24.5 Å². The number of carbonyl (C=O) groups is 3. The van der Waals surface area contributed by atoms with E-state index in [1.54, 1.807) is 17.8 Å². The van der Waals surface area contributed by atoms with Gasteiger partial charge in [-0.3, -0.25) is 14.4 Å². The maximum Gasteiger partial charge on any atom is 0.230 e. The van der Waals surface area contributed by atoms with Gasteiger partial charge < -0.3 is 34.4 Å². The summed E-state index contributed by atoms with van der Waals surface area (Å²) in [6, 6.07) is 0. The maximum atomic E-state index is 12.4. The van der Waals surface area contributed by atoms with Crippen LogP contribution in [0, 0.1) is 0 Å². The molecule has 244 valence electrons. The number of hydrogen-bond donors (Lipinski definition) is 2. The number of aryl methyl sites for hydroxylation is 1. The molecule has 3 rings (SSSR count). The molecule has 16 nitrogen and oxygen atoms in total. The highest BCUT2D eigenvalue weighted by molar-refractivity contribution is 6.45. The molecule has 1 amide bonds. The molecule has 0 saturated heterocycles. The number of nitrogens with one attached hydrogen (secondary N) is 1. The Bertz CT molecular complexity index is 1470. The van der Waals surface area contributed by atoms with Crippen molar-refractivity contribution in [3.63, 3.8) is 0 Å². The Balaban J connectivity index is 1.30. The number of primary amides is 1. The summed E-state index contributed by atoms with van der Waals surface area (Å²) in [6.07, 6.45) is 6.88. The standard InChI is InChI=1S/C29H40N8O8/c1-5-37(29-27-26(24(41-4)17-32-29)23(16-31-27)28(40)21(3)38)34-20(2)19-45-15-14-44-13-12-43-11-10-42-9-8-36-18-22(33-35-36)6-7-25(30)39/h5,16-18,31H,1,6-15,19H2,2-4H3,(H2,30,39)/b34-20+. The molecular formula is C29H40N8O8. The molecule has 0 fully saturated rings. The number of pyridine rings is 1. The molecule has 0 bridgehead atoms. The quantitative estimate of drug-likeness (QED) is 0.0504. The third-order valence-corrected chi connectivity index (χ3v) is 6.21. The Labute approximate surface area is 260 Å². The summed E-state index contributed by atoms with van der Waals surface area (Å²) in [6.45, 7) is 10.5. The summed E-state index contributed by atoms with van der Waals surface area (Å²) in [5.41, 5.74) is 7.16. The number of rotatable bonds is 23. The zero-order chi connectivity index (χ0) is 32.6. The van der Waals surface area contributed by atoms with Crippen LogP contribution in [-0.4, -0.2) is 108 Å². The van der Waals surface area contributed by atoms with Crippen molar-refractivity contribution in [3.8, 4) is 5.75 Å². The molecule has 0 unspecified atom stereocenters. The first-order chi connectivity index (χ1) is 21.7. The summed E-state index contributed by atoms with van der Waals surface area (Å²) in [5.74, 6) is -0.868. The number of nitrogens with zero attached hydrogens (tertiary/aromatic N) is 6. The van der Waals surface area contributed by atoms with Crippen LogP contribution in [0.5, 0.6) is 5.75 Å². The number of fused-ring (bicyclic) bond motifs is 1. The number of aromatic amines is 1. The van der Waals surface area contributed by atoms with Gasteiger partial charge >= 0.3 is 0 Å². The number of hydrogen-bond acceptors (Lipinski definition) is 13. The van der Waals surface area contributed by atoms with Gasteiger partial charge in [-0.15, -0.1) is 5.10 Å². The Morgan fingerprint density at radius 3 is 2.36 bits per heavy atom. The molecule has 0 radical (unpaired) electrons. The Morgan fingerprint density at radius 1 is 1.07 bits per heavy atom. The van der Waals surface area contributed by atoms with E-state index in [4.69, 9.17) is 29.4 Å². The number of anilines is 1. The van der Waals surface area contributed by atoms with Crippen LogP contribution in [0.25, 0.3) is 10.9 Å². The highest BCUT2D eigenvalue weighted by Crippen LogP contribution is 2.34. The van der Waals surface area contributed by atoms with E-state index in [0.29, 0.717) is 93.1 Å². The number of hydrazone groups is 1. The summed E-state index contributed by atoms with van der Waals surface area (Å²) < 4.78 is 29.3. The average molecular weight is 629 g/mol. The second kappa shape index (κ2) is 18.3. The van der Waals surface area contributed by atoms with Crippen molar-refractivity contribution in [2.45, 2.75) is 33.2 Å². The molecular weight excluding hydrogens is 588 g/mol. The van der Waals surface area contributed by atoms with Crippen molar-refractivity contribution in [3.05, 3.63) is 42.6 Å². The number of aromatic nitrogens is 5. The minimum atomic E-state index is -0.635. The normalized spacial score (nSPS) is 11.6. The van der Waals surface area contributed by atoms with Gasteiger partial charge in [-0.2, -0.15) is 5.10 Å². The summed E-state index contributed by atoms with van der Waals surface area (Å²) >= 11 is 0. The number of ketones is 2. The number of ether oxygens (including phenoxy) is 5. The molecule has 16 heteroatoms. The highest BCUT2D eigenvalue weighted by atomic mass is 16.6. The first-order valence-electron chi connectivity index (χ1n) is 14.3. The van der Waals surface area contributed by atoms with Crippen LogP contribution in [-0.2, 0) is 41.5 Å². The summed E-state index contributed by atoms with van der Waals surface area (Å²) in [4.78, 5) is 42.4. The van der Waals surface area contributed by atoms with Gasteiger partial charge in [0.25, 0.3) is 0 Å². The van der Waals surface area contributed by atoms with Gasteiger partial charge in [-0.25, -0.2) is 14.7 Å². The number of carbonyl (C=O) groups excluding carboxylic acids is 3.